The highest BCUT2D eigenvalue weighted by molar-refractivity contribution is 5.94. The number of rotatable bonds is 2. The molecule has 0 unspecified atom stereocenters. The van der Waals surface area contributed by atoms with Crippen LogP contribution in [0.15, 0.2) is 18.2 Å². The molecular weight excluding hydrogens is 294 g/mol. The second-order valence-electron chi connectivity index (χ2n) is 6.16. The molecule has 122 valence electrons. The van der Waals surface area contributed by atoms with Gasteiger partial charge in [0.15, 0.2) is 0 Å². The van der Waals surface area contributed by atoms with E-state index in [9.17, 15) is 14.7 Å². The van der Waals surface area contributed by atoms with E-state index in [4.69, 9.17) is 5.26 Å². The summed E-state index contributed by atoms with van der Waals surface area (Å²) in [6.45, 7) is 7.06. The largest absolute Gasteiger partial charge is 0.465 e. The Bertz CT molecular complexity index is 678. The molecule has 1 aliphatic heterocycles. The smallest absolute Gasteiger partial charge is 0.408 e. The van der Waals surface area contributed by atoms with E-state index in [0.717, 1.165) is 0 Å². The van der Waals surface area contributed by atoms with Crippen molar-refractivity contribution < 1.29 is 14.7 Å². The lowest BCUT2D eigenvalue weighted by Crippen LogP contribution is -2.48. The van der Waals surface area contributed by atoms with E-state index in [1.165, 1.54) is 11.8 Å². The van der Waals surface area contributed by atoms with Crippen LogP contribution in [0.5, 0.6) is 0 Å². The first kappa shape index (κ1) is 16.8. The van der Waals surface area contributed by atoms with Crippen molar-refractivity contribution in [1.82, 2.24) is 4.90 Å². The van der Waals surface area contributed by atoms with E-state index in [1.54, 1.807) is 23.1 Å². The Labute approximate surface area is 135 Å². The molecule has 2 rings (SSSR count). The summed E-state index contributed by atoms with van der Waals surface area (Å²) >= 11 is 0. The second kappa shape index (κ2) is 6.29. The fourth-order valence-electron chi connectivity index (χ4n) is 3.36. The van der Waals surface area contributed by atoms with Crippen LogP contribution in [0.2, 0.25) is 0 Å². The Morgan fingerprint density at radius 1 is 1.43 bits per heavy atom. The molecule has 0 saturated heterocycles. The average Bonchev–Trinajstić information content (AvgIpc) is 2.45. The molecule has 1 aliphatic rings. The Kier molecular flexibility index (Phi) is 4.60. The molecule has 6 heteroatoms. The number of carbonyl (C=O) groups excluding carboxylic acids is 1. The van der Waals surface area contributed by atoms with Gasteiger partial charge in [0, 0.05) is 24.7 Å². The van der Waals surface area contributed by atoms with Gasteiger partial charge in [0.05, 0.1) is 17.7 Å². The summed E-state index contributed by atoms with van der Waals surface area (Å²) in [7, 11) is 0. The summed E-state index contributed by atoms with van der Waals surface area (Å²) in [6, 6.07) is 6.48. The van der Waals surface area contributed by atoms with Crippen LogP contribution in [-0.2, 0) is 4.79 Å². The summed E-state index contributed by atoms with van der Waals surface area (Å²) in [6.07, 6.45) is -0.492. The minimum atomic E-state index is -0.998. The van der Waals surface area contributed by atoms with E-state index in [-0.39, 0.29) is 24.0 Å². The second-order valence-corrected chi connectivity index (χ2v) is 6.16. The molecule has 1 aromatic rings. The van der Waals surface area contributed by atoms with Gasteiger partial charge in [-0.15, -0.1) is 0 Å². The number of amides is 2. The molecule has 0 aromatic heterocycles. The number of anilines is 1. The van der Waals surface area contributed by atoms with Crippen LogP contribution in [0.1, 0.15) is 51.3 Å². The number of carbonyl (C=O) groups is 2. The highest BCUT2D eigenvalue weighted by Gasteiger charge is 2.38. The third-order valence-corrected chi connectivity index (χ3v) is 4.23. The van der Waals surface area contributed by atoms with Crippen LogP contribution >= 0.6 is 0 Å². The van der Waals surface area contributed by atoms with Crippen LogP contribution in [0.25, 0.3) is 0 Å². The Morgan fingerprint density at radius 3 is 2.57 bits per heavy atom. The molecule has 0 spiro atoms. The third-order valence-electron chi connectivity index (χ3n) is 4.23. The van der Waals surface area contributed by atoms with Crippen LogP contribution < -0.4 is 4.90 Å². The number of carboxylic acid groups (broad SMARTS) is 1. The zero-order valence-corrected chi connectivity index (χ0v) is 13.8. The van der Waals surface area contributed by atoms with Gasteiger partial charge in [0.2, 0.25) is 5.91 Å². The zero-order valence-electron chi connectivity index (χ0n) is 13.8. The summed E-state index contributed by atoms with van der Waals surface area (Å²) < 4.78 is 0. The fraction of sp³-hybridized carbons (Fsp3) is 0.471. The Morgan fingerprint density at radius 2 is 2.09 bits per heavy atom. The molecule has 0 aliphatic carbocycles. The molecule has 1 heterocycles. The Hall–Kier alpha value is -2.55. The van der Waals surface area contributed by atoms with Crippen LogP contribution in [0, 0.1) is 11.3 Å². The highest BCUT2D eigenvalue weighted by Crippen LogP contribution is 2.41. The molecular formula is C17H21N3O3. The number of benzene rings is 1. The first-order chi connectivity index (χ1) is 10.8. The summed E-state index contributed by atoms with van der Waals surface area (Å²) in [4.78, 5) is 26.8. The minimum Gasteiger partial charge on any atom is -0.465 e. The van der Waals surface area contributed by atoms with Gasteiger partial charge in [-0.1, -0.05) is 0 Å². The first-order valence-electron chi connectivity index (χ1n) is 7.63. The third kappa shape index (κ3) is 3.00. The molecule has 0 bridgehead atoms. The maximum Gasteiger partial charge on any atom is 0.408 e. The van der Waals surface area contributed by atoms with Crippen molar-refractivity contribution >= 4 is 17.7 Å². The lowest BCUT2D eigenvalue weighted by Gasteiger charge is -2.43. The number of nitrogens with zero attached hydrogens (tertiary/aromatic N) is 3. The lowest BCUT2D eigenvalue weighted by molar-refractivity contribution is -0.117. The molecule has 2 amide bonds. The first-order valence-corrected chi connectivity index (χ1v) is 7.63. The average molecular weight is 315 g/mol. The highest BCUT2D eigenvalue weighted by atomic mass is 16.4. The van der Waals surface area contributed by atoms with E-state index >= 15 is 0 Å². The number of hydrogen-bond acceptors (Lipinski definition) is 3. The molecule has 1 N–H and O–H groups in total. The molecule has 6 nitrogen and oxygen atoms in total. The monoisotopic (exact) mass is 315 g/mol. The minimum absolute atomic E-state index is 0.0895. The van der Waals surface area contributed by atoms with Gasteiger partial charge in [-0.2, -0.15) is 5.26 Å². The molecule has 0 saturated carbocycles. The van der Waals surface area contributed by atoms with Gasteiger partial charge in [0.25, 0.3) is 0 Å². The molecule has 1 aromatic carbocycles. The fourth-order valence-corrected chi connectivity index (χ4v) is 3.36. The predicted molar refractivity (Wildman–Crippen MR) is 86.1 cm³/mol. The maximum absolute atomic E-state index is 12.0. The van der Waals surface area contributed by atoms with Gasteiger partial charge in [-0.25, -0.2) is 4.79 Å². The molecule has 2 atom stereocenters. The van der Waals surface area contributed by atoms with Crippen molar-refractivity contribution in [2.24, 2.45) is 0 Å². The van der Waals surface area contributed by atoms with Crippen molar-refractivity contribution in [3.8, 4) is 6.07 Å². The molecule has 0 fully saturated rings. The number of hydrogen-bond donors (Lipinski definition) is 1. The zero-order chi connectivity index (χ0) is 17.3. The summed E-state index contributed by atoms with van der Waals surface area (Å²) in [5.74, 6) is -0.0895. The van der Waals surface area contributed by atoms with E-state index in [2.05, 4.69) is 6.07 Å². The van der Waals surface area contributed by atoms with Crippen molar-refractivity contribution in [2.45, 2.75) is 52.2 Å². The normalized spacial score (nSPS) is 19.9. The molecule has 0 radical (unpaired) electrons. The van der Waals surface area contributed by atoms with Crippen LogP contribution in [-0.4, -0.2) is 34.1 Å². The van der Waals surface area contributed by atoms with E-state index < -0.39 is 6.09 Å². The van der Waals surface area contributed by atoms with Gasteiger partial charge >= 0.3 is 6.09 Å². The quantitative estimate of drug-likeness (QED) is 0.908. The maximum atomic E-state index is 12.0. The van der Waals surface area contributed by atoms with Gasteiger partial charge in [-0.05, 0) is 51.0 Å². The topological polar surface area (TPSA) is 84.6 Å². The standard InChI is InChI=1S/C17H21N3O3/c1-10(2)19(17(22)23)16-7-11(3)20(12(4)21)15-6-5-13(9-18)8-14(15)16/h5-6,8,10-11,16H,7H2,1-4H3,(H,22,23)/t11-,16+/m0/s1. The van der Waals surface area contributed by atoms with Crippen molar-refractivity contribution in [1.29, 1.82) is 5.26 Å². The van der Waals surface area contributed by atoms with Crippen LogP contribution in [0.4, 0.5) is 10.5 Å². The van der Waals surface area contributed by atoms with E-state index in [0.29, 0.717) is 23.2 Å². The predicted octanol–water partition coefficient (Wildman–Crippen LogP) is 3.13. The van der Waals surface area contributed by atoms with E-state index in [1.807, 2.05) is 20.8 Å². The van der Waals surface area contributed by atoms with Crippen molar-refractivity contribution in [2.75, 3.05) is 4.90 Å². The Balaban J connectivity index is 2.63. The van der Waals surface area contributed by atoms with Crippen molar-refractivity contribution in [3.05, 3.63) is 29.3 Å². The number of nitriles is 1. The van der Waals surface area contributed by atoms with Gasteiger partial charge in [-0.3, -0.25) is 9.69 Å². The number of fused-ring (bicyclic) bond motifs is 1. The van der Waals surface area contributed by atoms with Gasteiger partial charge in [0.1, 0.15) is 0 Å². The summed E-state index contributed by atoms with van der Waals surface area (Å²) in [5.41, 5.74) is 1.86. The van der Waals surface area contributed by atoms with Crippen molar-refractivity contribution in [3.63, 3.8) is 0 Å². The molecule has 23 heavy (non-hydrogen) atoms. The van der Waals surface area contributed by atoms with Gasteiger partial charge < -0.3 is 10.0 Å². The SMILES string of the molecule is CC(=O)N1c2ccc(C#N)cc2[C@H](N(C(=O)O)C(C)C)C[C@@H]1C. The van der Waals surface area contributed by atoms with Crippen LogP contribution in [0.3, 0.4) is 0 Å². The lowest BCUT2D eigenvalue weighted by atomic mass is 9.89. The summed E-state index contributed by atoms with van der Waals surface area (Å²) in [5, 5.41) is 18.7.